The van der Waals surface area contributed by atoms with E-state index >= 15 is 0 Å². The van der Waals surface area contributed by atoms with E-state index in [-0.39, 0.29) is 16.9 Å². The highest BCUT2D eigenvalue weighted by Gasteiger charge is 2.10. The van der Waals surface area contributed by atoms with Crippen LogP contribution in [0.2, 0.25) is 0 Å². The number of rotatable bonds is 4. The smallest absolute Gasteiger partial charge is 0.314 e. The number of nitriles is 1. The van der Waals surface area contributed by atoms with Gasteiger partial charge in [0.05, 0.1) is 11.6 Å². The van der Waals surface area contributed by atoms with Crippen molar-refractivity contribution in [1.29, 1.82) is 5.26 Å². The van der Waals surface area contributed by atoms with E-state index in [1.165, 1.54) is 0 Å². The molecule has 2 rings (SSSR count). The molecule has 1 aromatic carbocycles. The molecule has 0 amide bonds. The van der Waals surface area contributed by atoms with Crippen LogP contribution >= 0.6 is 11.8 Å². The summed E-state index contributed by atoms with van der Waals surface area (Å²) in [6.07, 6.45) is 0. The van der Waals surface area contributed by atoms with Gasteiger partial charge in [0.25, 0.3) is 5.22 Å². The van der Waals surface area contributed by atoms with Crippen molar-refractivity contribution in [3.05, 3.63) is 29.8 Å². The largest absolute Gasteiger partial charge is 0.481 e. The van der Waals surface area contributed by atoms with Crippen molar-refractivity contribution in [2.24, 2.45) is 0 Å². The van der Waals surface area contributed by atoms with Crippen LogP contribution in [0.1, 0.15) is 5.56 Å². The summed E-state index contributed by atoms with van der Waals surface area (Å²) in [7, 11) is 0. The molecule has 0 bridgehead atoms. The van der Waals surface area contributed by atoms with Crippen LogP contribution in [-0.2, 0) is 4.79 Å². The van der Waals surface area contributed by atoms with Gasteiger partial charge in [0.1, 0.15) is 5.75 Å². The second kappa shape index (κ2) is 5.33. The zero-order valence-electron chi connectivity index (χ0n) is 9.03. The number of thioether (sulfide) groups is 1. The molecule has 0 unspecified atom stereocenters. The molecule has 0 aliphatic carbocycles. The van der Waals surface area contributed by atoms with Crippen molar-refractivity contribution in [1.82, 2.24) is 10.2 Å². The van der Waals surface area contributed by atoms with Crippen LogP contribution in [0.3, 0.4) is 0 Å². The SMILES string of the molecule is N#Cc1cccc(-c2nnc(SCC(=O)O)o2)c1. The van der Waals surface area contributed by atoms with Crippen molar-refractivity contribution in [2.45, 2.75) is 5.22 Å². The molecular weight excluding hydrogens is 254 g/mol. The van der Waals surface area contributed by atoms with E-state index in [0.717, 1.165) is 11.8 Å². The number of carboxylic acid groups (broad SMARTS) is 1. The molecular formula is C11H7N3O3S. The first-order valence-corrected chi connectivity index (χ1v) is 5.86. The standard InChI is InChI=1S/C11H7N3O3S/c12-5-7-2-1-3-8(4-7)10-13-14-11(17-10)18-6-9(15)16/h1-4H,6H2,(H,15,16). The Kier molecular flexibility index (Phi) is 3.60. The lowest BCUT2D eigenvalue weighted by atomic mass is 10.1. The summed E-state index contributed by atoms with van der Waals surface area (Å²) in [4.78, 5) is 10.4. The fourth-order valence-corrected chi connectivity index (χ4v) is 1.71. The van der Waals surface area contributed by atoms with Crippen molar-refractivity contribution < 1.29 is 14.3 Å². The maximum absolute atomic E-state index is 10.4. The maximum atomic E-state index is 10.4. The Morgan fingerprint density at radius 1 is 1.50 bits per heavy atom. The van der Waals surface area contributed by atoms with Crippen molar-refractivity contribution in [3.8, 4) is 17.5 Å². The van der Waals surface area contributed by atoms with Gasteiger partial charge >= 0.3 is 5.97 Å². The fraction of sp³-hybridized carbons (Fsp3) is 0.0909. The van der Waals surface area contributed by atoms with Crippen LogP contribution in [0.25, 0.3) is 11.5 Å². The molecule has 1 N–H and O–H groups in total. The molecule has 0 atom stereocenters. The Morgan fingerprint density at radius 3 is 3.06 bits per heavy atom. The number of carbonyl (C=O) groups is 1. The Labute approximate surface area is 106 Å². The quantitative estimate of drug-likeness (QED) is 0.837. The molecule has 0 spiro atoms. The second-order valence-electron chi connectivity index (χ2n) is 3.25. The first-order valence-electron chi connectivity index (χ1n) is 4.87. The fourth-order valence-electron chi connectivity index (χ4n) is 1.23. The van der Waals surface area contributed by atoms with E-state index in [0.29, 0.717) is 11.1 Å². The summed E-state index contributed by atoms with van der Waals surface area (Å²) >= 11 is 0.949. The lowest BCUT2D eigenvalue weighted by molar-refractivity contribution is -0.133. The first kappa shape index (κ1) is 12.1. The van der Waals surface area contributed by atoms with E-state index in [9.17, 15) is 4.79 Å². The summed E-state index contributed by atoms with van der Waals surface area (Å²) in [5, 5.41) is 25.0. The Bertz CT molecular complexity index is 618. The van der Waals surface area contributed by atoms with Gasteiger partial charge in [-0.1, -0.05) is 17.8 Å². The molecule has 1 heterocycles. The number of benzene rings is 1. The summed E-state index contributed by atoms with van der Waals surface area (Å²) in [5.74, 6) is -0.828. The summed E-state index contributed by atoms with van der Waals surface area (Å²) in [6.45, 7) is 0. The van der Waals surface area contributed by atoms with Crippen molar-refractivity contribution >= 4 is 17.7 Å². The third-order valence-corrected chi connectivity index (χ3v) is 2.77. The highest BCUT2D eigenvalue weighted by Crippen LogP contribution is 2.23. The van der Waals surface area contributed by atoms with Gasteiger partial charge in [-0.25, -0.2) is 0 Å². The number of carboxylic acids is 1. The number of hydrogen-bond donors (Lipinski definition) is 1. The zero-order chi connectivity index (χ0) is 13.0. The minimum Gasteiger partial charge on any atom is -0.481 e. The average molecular weight is 261 g/mol. The Balaban J connectivity index is 2.19. The molecule has 7 heteroatoms. The number of nitrogens with zero attached hydrogens (tertiary/aromatic N) is 3. The van der Waals surface area contributed by atoms with E-state index < -0.39 is 5.97 Å². The van der Waals surface area contributed by atoms with Crippen molar-refractivity contribution in [2.75, 3.05) is 5.75 Å². The van der Waals surface area contributed by atoms with Gasteiger partial charge in [-0.15, -0.1) is 10.2 Å². The zero-order valence-corrected chi connectivity index (χ0v) is 9.85. The lowest BCUT2D eigenvalue weighted by Gasteiger charge is -1.94. The predicted octanol–water partition coefficient (Wildman–Crippen LogP) is 1.78. The topological polar surface area (TPSA) is 100 Å². The monoisotopic (exact) mass is 261 g/mol. The molecule has 0 saturated heterocycles. The van der Waals surface area contributed by atoms with Crippen LogP contribution in [0, 0.1) is 11.3 Å². The third-order valence-electron chi connectivity index (χ3n) is 1.96. The second-order valence-corrected chi connectivity index (χ2v) is 4.17. The van der Waals surface area contributed by atoms with Gasteiger partial charge in [0.15, 0.2) is 0 Å². The van der Waals surface area contributed by atoms with Gasteiger partial charge in [-0.3, -0.25) is 4.79 Å². The van der Waals surface area contributed by atoms with Crippen molar-refractivity contribution in [3.63, 3.8) is 0 Å². The molecule has 18 heavy (non-hydrogen) atoms. The number of aliphatic carboxylic acids is 1. The van der Waals surface area contributed by atoms with Gasteiger partial charge in [-0.05, 0) is 18.2 Å². The molecule has 0 radical (unpaired) electrons. The molecule has 0 aliphatic heterocycles. The molecule has 0 saturated carbocycles. The highest BCUT2D eigenvalue weighted by molar-refractivity contribution is 7.99. The van der Waals surface area contributed by atoms with Crippen LogP contribution in [-0.4, -0.2) is 27.0 Å². The molecule has 0 aliphatic rings. The summed E-state index contributed by atoms with van der Waals surface area (Å²) in [6, 6.07) is 8.75. The normalized spacial score (nSPS) is 9.94. The van der Waals surface area contributed by atoms with Crippen LogP contribution in [0.15, 0.2) is 33.9 Å². The van der Waals surface area contributed by atoms with Crippen LogP contribution < -0.4 is 0 Å². The van der Waals surface area contributed by atoms with Crippen LogP contribution in [0.4, 0.5) is 0 Å². The van der Waals surface area contributed by atoms with Crippen LogP contribution in [0.5, 0.6) is 0 Å². The predicted molar refractivity (Wildman–Crippen MR) is 62.8 cm³/mol. The van der Waals surface area contributed by atoms with E-state index in [1.54, 1.807) is 24.3 Å². The average Bonchev–Trinajstić information content (AvgIpc) is 2.85. The molecule has 90 valence electrons. The molecule has 6 nitrogen and oxygen atoms in total. The number of aromatic nitrogens is 2. The van der Waals surface area contributed by atoms with Gasteiger partial charge < -0.3 is 9.52 Å². The Morgan fingerprint density at radius 2 is 2.33 bits per heavy atom. The van der Waals surface area contributed by atoms with Gasteiger partial charge in [-0.2, -0.15) is 5.26 Å². The molecule has 2 aromatic rings. The third kappa shape index (κ3) is 2.87. The van der Waals surface area contributed by atoms with E-state index in [2.05, 4.69) is 10.2 Å². The van der Waals surface area contributed by atoms with Gasteiger partial charge in [0, 0.05) is 5.56 Å². The highest BCUT2D eigenvalue weighted by atomic mass is 32.2. The number of hydrogen-bond acceptors (Lipinski definition) is 6. The summed E-state index contributed by atoms with van der Waals surface area (Å²) < 4.78 is 5.29. The molecule has 0 fully saturated rings. The lowest BCUT2D eigenvalue weighted by Crippen LogP contribution is -1.97. The summed E-state index contributed by atoms with van der Waals surface area (Å²) in [5.41, 5.74) is 1.12. The molecule has 1 aromatic heterocycles. The van der Waals surface area contributed by atoms with E-state index in [4.69, 9.17) is 14.8 Å². The van der Waals surface area contributed by atoms with Gasteiger partial charge in [0.2, 0.25) is 5.89 Å². The Hall–Kier alpha value is -2.33. The minimum absolute atomic E-state index is 0.139. The first-order chi connectivity index (χ1) is 8.69. The maximum Gasteiger partial charge on any atom is 0.314 e. The van der Waals surface area contributed by atoms with E-state index in [1.807, 2.05) is 6.07 Å². The minimum atomic E-state index is -0.953.